The van der Waals surface area contributed by atoms with E-state index in [9.17, 15) is 14.7 Å². The minimum atomic E-state index is -0.848. The molecule has 1 fully saturated rings. The minimum absolute atomic E-state index is 0.0385. The molecule has 3 heterocycles. The molecule has 0 aliphatic carbocycles. The maximum atomic E-state index is 13.7. The zero-order valence-electron chi connectivity index (χ0n) is 23.7. The summed E-state index contributed by atoms with van der Waals surface area (Å²) < 4.78 is 12.3. The highest BCUT2D eigenvalue weighted by Gasteiger charge is 2.48. The second-order valence-electron chi connectivity index (χ2n) is 11.6. The van der Waals surface area contributed by atoms with Crippen LogP contribution < -0.4 is 14.4 Å². The number of carbonyl (C=O) groups excluding carboxylic acids is 2. The Morgan fingerprint density at radius 3 is 2.56 bits per heavy atom. The number of rotatable bonds is 5. The molecule has 2 aliphatic rings. The summed E-state index contributed by atoms with van der Waals surface area (Å²) in [6, 6.07) is 18.0. The fourth-order valence-corrected chi connectivity index (χ4v) is 6.51. The summed E-state index contributed by atoms with van der Waals surface area (Å²) in [5.41, 5.74) is 3.93. The summed E-state index contributed by atoms with van der Waals surface area (Å²) in [5.74, 6) is -0.200. The molecule has 41 heavy (non-hydrogen) atoms. The number of nitrogens with zero attached hydrogens (tertiary/aromatic N) is 2. The molecule has 1 saturated heterocycles. The van der Waals surface area contributed by atoms with Gasteiger partial charge in [-0.15, -0.1) is 0 Å². The second kappa shape index (κ2) is 10.0. The van der Waals surface area contributed by atoms with Crippen molar-refractivity contribution in [1.82, 2.24) is 4.98 Å². The predicted octanol–water partition coefficient (Wildman–Crippen LogP) is 6.94. The number of Topliss-reactive ketones (excluding diaryl/α,β-unsaturated/α-hetero) is 1. The van der Waals surface area contributed by atoms with Gasteiger partial charge in [0.2, 0.25) is 0 Å². The molecule has 210 valence electrons. The molecule has 2 aliphatic heterocycles. The lowest BCUT2D eigenvalue weighted by atomic mass is 9.85. The van der Waals surface area contributed by atoms with Crippen LogP contribution in [-0.2, 0) is 21.4 Å². The zero-order valence-corrected chi connectivity index (χ0v) is 24.5. The zero-order chi connectivity index (χ0) is 29.1. The fraction of sp³-hybridized carbons (Fsp3) is 0.303. The maximum Gasteiger partial charge on any atom is 0.301 e. The van der Waals surface area contributed by atoms with Crippen molar-refractivity contribution >= 4 is 44.1 Å². The van der Waals surface area contributed by atoms with Gasteiger partial charge in [0.15, 0.2) is 5.13 Å². The molecular formula is C33H32N2O5S. The predicted molar refractivity (Wildman–Crippen MR) is 161 cm³/mol. The number of hydrogen-bond acceptors (Lipinski definition) is 7. The minimum Gasteiger partial charge on any atom is -0.507 e. The number of aliphatic hydroxyl groups is 1. The Morgan fingerprint density at radius 1 is 1.10 bits per heavy atom. The highest BCUT2D eigenvalue weighted by Crippen LogP contribution is 2.45. The van der Waals surface area contributed by atoms with Gasteiger partial charge in [-0.2, -0.15) is 0 Å². The summed E-state index contributed by atoms with van der Waals surface area (Å²) in [6.45, 7) is 10.8. The van der Waals surface area contributed by atoms with Crippen LogP contribution in [0.2, 0.25) is 0 Å². The second-order valence-corrected chi connectivity index (χ2v) is 12.6. The van der Waals surface area contributed by atoms with Crippen molar-refractivity contribution in [2.75, 3.05) is 11.5 Å². The van der Waals surface area contributed by atoms with E-state index in [0.717, 1.165) is 21.6 Å². The van der Waals surface area contributed by atoms with Gasteiger partial charge in [-0.05, 0) is 72.4 Å². The van der Waals surface area contributed by atoms with E-state index >= 15 is 0 Å². The number of anilines is 1. The molecule has 1 amide bonds. The third-order valence-electron chi connectivity index (χ3n) is 7.57. The van der Waals surface area contributed by atoms with E-state index in [2.05, 4.69) is 20.8 Å². The molecule has 1 N–H and O–H groups in total. The monoisotopic (exact) mass is 568 g/mol. The number of aliphatic hydroxyl groups excluding tert-OH is 1. The van der Waals surface area contributed by atoms with Crippen molar-refractivity contribution < 1.29 is 24.2 Å². The number of thiazole rings is 1. The van der Waals surface area contributed by atoms with Crippen LogP contribution in [0, 0.1) is 0 Å². The first-order chi connectivity index (χ1) is 19.5. The molecule has 0 radical (unpaired) electrons. The number of carbonyl (C=O) groups is 2. The van der Waals surface area contributed by atoms with E-state index in [1.807, 2.05) is 62.4 Å². The first-order valence-corrected chi connectivity index (χ1v) is 14.6. The molecule has 8 heteroatoms. The van der Waals surface area contributed by atoms with E-state index in [1.54, 1.807) is 12.1 Å². The van der Waals surface area contributed by atoms with E-state index in [-0.39, 0.29) is 22.9 Å². The van der Waals surface area contributed by atoms with Gasteiger partial charge in [0.05, 0.1) is 28.4 Å². The van der Waals surface area contributed by atoms with Crippen LogP contribution in [0.4, 0.5) is 5.13 Å². The molecule has 0 spiro atoms. The number of fused-ring (bicyclic) bond motifs is 2. The lowest BCUT2D eigenvalue weighted by molar-refractivity contribution is -0.132. The summed E-state index contributed by atoms with van der Waals surface area (Å²) in [7, 11) is 0. The first-order valence-electron chi connectivity index (χ1n) is 13.8. The number of ketones is 1. The third kappa shape index (κ3) is 4.76. The Bertz CT molecular complexity index is 1710. The van der Waals surface area contributed by atoms with Gasteiger partial charge >= 0.3 is 5.91 Å². The lowest BCUT2D eigenvalue weighted by Gasteiger charge is -2.24. The molecule has 0 saturated carbocycles. The maximum absolute atomic E-state index is 13.7. The normalized spacial score (nSPS) is 20.0. The molecular weight excluding hydrogens is 536 g/mol. The Kier molecular flexibility index (Phi) is 6.61. The number of ether oxygens (including phenoxy) is 2. The van der Waals surface area contributed by atoms with Crippen LogP contribution >= 0.6 is 11.3 Å². The Hall–Kier alpha value is -4.17. The molecule has 1 aromatic heterocycles. The number of aromatic nitrogens is 1. The van der Waals surface area contributed by atoms with Gasteiger partial charge in [-0.1, -0.05) is 56.4 Å². The Morgan fingerprint density at radius 2 is 1.85 bits per heavy atom. The molecule has 0 unspecified atom stereocenters. The number of amides is 1. The third-order valence-corrected chi connectivity index (χ3v) is 8.59. The van der Waals surface area contributed by atoms with Crippen molar-refractivity contribution in [1.29, 1.82) is 0 Å². The van der Waals surface area contributed by atoms with Gasteiger partial charge in [0.1, 0.15) is 23.4 Å². The largest absolute Gasteiger partial charge is 0.507 e. The van der Waals surface area contributed by atoms with Gasteiger partial charge < -0.3 is 14.6 Å². The van der Waals surface area contributed by atoms with E-state index in [0.29, 0.717) is 40.6 Å². The Labute approximate surface area is 243 Å². The van der Waals surface area contributed by atoms with Crippen molar-refractivity contribution in [2.24, 2.45) is 0 Å². The van der Waals surface area contributed by atoms with Gasteiger partial charge in [-0.3, -0.25) is 14.5 Å². The molecule has 4 aromatic rings. The molecule has 6 rings (SSSR count). The quantitative estimate of drug-likeness (QED) is 0.159. The molecule has 2 atom stereocenters. The van der Waals surface area contributed by atoms with Crippen molar-refractivity contribution in [3.05, 3.63) is 88.5 Å². The van der Waals surface area contributed by atoms with Crippen molar-refractivity contribution in [3.8, 4) is 11.5 Å². The van der Waals surface area contributed by atoms with Crippen LogP contribution in [-0.4, -0.2) is 34.5 Å². The first kappa shape index (κ1) is 27.0. The van der Waals surface area contributed by atoms with E-state index in [1.165, 1.54) is 16.2 Å². The fourth-order valence-electron chi connectivity index (χ4n) is 5.49. The van der Waals surface area contributed by atoms with Gasteiger partial charge in [0, 0.05) is 12.0 Å². The van der Waals surface area contributed by atoms with Crippen LogP contribution in [0.15, 0.2) is 66.2 Å². The van der Waals surface area contributed by atoms with Crippen molar-refractivity contribution in [2.45, 2.75) is 58.6 Å². The number of hydrogen-bond donors (Lipinski definition) is 1. The van der Waals surface area contributed by atoms with E-state index < -0.39 is 17.7 Å². The summed E-state index contributed by atoms with van der Waals surface area (Å²) in [4.78, 5) is 33.5. The average molecular weight is 569 g/mol. The average Bonchev–Trinajstić information content (AvgIpc) is 3.60. The molecule has 3 aromatic carbocycles. The highest BCUT2D eigenvalue weighted by molar-refractivity contribution is 7.22. The highest BCUT2D eigenvalue weighted by atomic mass is 32.1. The van der Waals surface area contributed by atoms with Crippen molar-refractivity contribution in [3.63, 3.8) is 0 Å². The summed E-state index contributed by atoms with van der Waals surface area (Å²) >= 11 is 1.31. The van der Waals surface area contributed by atoms with Crippen LogP contribution in [0.3, 0.4) is 0 Å². The number of benzene rings is 3. The van der Waals surface area contributed by atoms with Gasteiger partial charge in [0.25, 0.3) is 5.78 Å². The summed E-state index contributed by atoms with van der Waals surface area (Å²) in [5, 5.41) is 12.0. The summed E-state index contributed by atoms with van der Waals surface area (Å²) in [6.07, 6.45) is 0.745. The lowest BCUT2D eigenvalue weighted by Crippen LogP contribution is -2.29. The standard InChI is InChI=1S/C33H32N2O5S/c1-6-39-23-12-13-24-26(17-23)41-32(34-24)35-28(19-7-10-22(11-8-19)33(3,4)5)27(30(37)31(35)38)29(36)20-9-14-25-21(16-20)15-18(2)40-25/h7-14,16-18,28,36H,6,15H2,1-5H3/t18-,28-/m0/s1. The molecule has 7 nitrogen and oxygen atoms in total. The van der Waals surface area contributed by atoms with Crippen LogP contribution in [0.25, 0.3) is 16.0 Å². The SMILES string of the molecule is CCOc1ccc2nc(N3C(=O)C(=O)C(=C(O)c4ccc5c(c4)C[C@H](C)O5)[C@@H]3c3ccc(C(C)(C)C)cc3)sc2c1. The topological polar surface area (TPSA) is 89.0 Å². The van der Waals surface area contributed by atoms with Crippen LogP contribution in [0.5, 0.6) is 11.5 Å². The van der Waals surface area contributed by atoms with E-state index in [4.69, 9.17) is 14.5 Å². The van der Waals surface area contributed by atoms with Gasteiger partial charge in [-0.25, -0.2) is 4.98 Å². The van der Waals surface area contributed by atoms with Crippen LogP contribution in [0.1, 0.15) is 62.9 Å². The Balaban J connectivity index is 1.51. The smallest absolute Gasteiger partial charge is 0.301 e. The molecule has 0 bridgehead atoms.